The molecule has 3 aromatic rings. The summed E-state index contributed by atoms with van der Waals surface area (Å²) < 4.78 is 10.5. The van der Waals surface area contributed by atoms with Gasteiger partial charge < -0.3 is 9.47 Å². The number of ether oxygens (including phenoxy) is 2. The van der Waals surface area contributed by atoms with Crippen LogP contribution in [0.1, 0.15) is 32.6 Å². The quantitative estimate of drug-likeness (QED) is 0.0645. The summed E-state index contributed by atoms with van der Waals surface area (Å²) in [6, 6.07) is 28.7. The summed E-state index contributed by atoms with van der Waals surface area (Å²) in [5.74, 6) is 0.116. The van der Waals surface area contributed by atoms with E-state index in [1.54, 1.807) is 6.92 Å². The molecular weight excluding hydrogens is 547 g/mol. The second-order valence-corrected chi connectivity index (χ2v) is 11.4. The predicted molar refractivity (Wildman–Crippen MR) is 140 cm³/mol. The summed E-state index contributed by atoms with van der Waals surface area (Å²) >= 11 is 2.03. The van der Waals surface area contributed by atoms with Crippen molar-refractivity contribution >= 4 is 45.4 Å². The summed E-state index contributed by atoms with van der Waals surface area (Å²) in [7, 11) is -0.227. The van der Waals surface area contributed by atoms with Gasteiger partial charge in [0.2, 0.25) is 0 Å². The number of hydrogen-bond acceptors (Lipinski definition) is 4. The lowest BCUT2D eigenvalue weighted by atomic mass is 10.2. The molecule has 0 heterocycles. The Balaban J connectivity index is 1.52. The average molecular weight is 575 g/mol. The molecule has 0 bridgehead atoms. The highest BCUT2D eigenvalue weighted by Gasteiger charge is 2.28. The minimum absolute atomic E-state index is 0.139. The summed E-state index contributed by atoms with van der Waals surface area (Å²) in [5, 5.41) is 0. The van der Waals surface area contributed by atoms with Crippen molar-refractivity contribution in [3.8, 4) is 5.75 Å². The number of carbonyl (C=O) groups is 2. The lowest BCUT2D eigenvalue weighted by Crippen LogP contribution is -2.14. The molecule has 0 saturated carbocycles. The Morgan fingerprint density at radius 1 is 0.788 bits per heavy atom. The standard InChI is InChI=1S/C27H28IO4S/c1-21(28)27(30)31-20-10-4-9-15-26(29)32-22-16-18-25(19-17-22)33(23-11-5-2-6-12-23)24-13-7-3-8-14-24/h2-3,5-8,11-14,16-19,21H,4,9-10,15,20H2,1H3/q+1. The first-order valence-electron chi connectivity index (χ1n) is 11.0. The van der Waals surface area contributed by atoms with Gasteiger partial charge in [-0.25, -0.2) is 0 Å². The molecule has 0 radical (unpaired) electrons. The number of halogens is 1. The smallest absolute Gasteiger partial charge is 0.318 e. The van der Waals surface area contributed by atoms with Crippen molar-refractivity contribution in [1.29, 1.82) is 0 Å². The molecule has 0 spiro atoms. The fourth-order valence-electron chi connectivity index (χ4n) is 3.18. The van der Waals surface area contributed by atoms with Gasteiger partial charge in [-0.15, -0.1) is 0 Å². The maximum absolute atomic E-state index is 12.2. The first kappa shape index (κ1) is 25.3. The first-order valence-corrected chi connectivity index (χ1v) is 13.5. The molecule has 1 unspecified atom stereocenters. The molecule has 33 heavy (non-hydrogen) atoms. The maximum Gasteiger partial charge on any atom is 0.318 e. The molecule has 4 nitrogen and oxygen atoms in total. The number of rotatable bonds is 11. The molecule has 0 aliphatic carbocycles. The Morgan fingerprint density at radius 2 is 1.33 bits per heavy atom. The van der Waals surface area contributed by atoms with Crippen LogP contribution >= 0.6 is 22.6 Å². The van der Waals surface area contributed by atoms with Gasteiger partial charge in [0, 0.05) is 6.42 Å². The van der Waals surface area contributed by atoms with E-state index in [1.165, 1.54) is 14.7 Å². The summed E-state index contributed by atoms with van der Waals surface area (Å²) in [4.78, 5) is 27.3. The van der Waals surface area contributed by atoms with E-state index >= 15 is 0 Å². The lowest BCUT2D eigenvalue weighted by Gasteiger charge is -2.09. The van der Waals surface area contributed by atoms with Gasteiger partial charge in [0.1, 0.15) is 9.67 Å². The SMILES string of the molecule is CC(I)C(=O)OCCCCCC(=O)Oc1ccc([S+](c2ccccc2)c2ccccc2)cc1. The summed E-state index contributed by atoms with van der Waals surface area (Å²) in [6.07, 6.45) is 2.61. The van der Waals surface area contributed by atoms with Gasteiger partial charge in [0.15, 0.2) is 14.7 Å². The number of unbranched alkanes of at least 4 members (excludes halogenated alkanes) is 2. The third-order valence-electron chi connectivity index (χ3n) is 4.84. The topological polar surface area (TPSA) is 52.6 Å². The van der Waals surface area contributed by atoms with Gasteiger partial charge >= 0.3 is 11.9 Å². The Labute approximate surface area is 212 Å². The van der Waals surface area contributed by atoms with Gasteiger partial charge in [0.05, 0.1) is 17.5 Å². The van der Waals surface area contributed by atoms with Gasteiger partial charge in [-0.1, -0.05) is 59.0 Å². The molecular formula is C27H28IO4S+. The number of alkyl halides is 1. The Morgan fingerprint density at radius 3 is 1.88 bits per heavy atom. The number of carbonyl (C=O) groups excluding carboxylic acids is 2. The summed E-state index contributed by atoms with van der Waals surface area (Å²) in [5.41, 5.74) is 0. The second kappa shape index (κ2) is 13.4. The van der Waals surface area contributed by atoms with Gasteiger partial charge in [-0.2, -0.15) is 0 Å². The fraction of sp³-hybridized carbons (Fsp3) is 0.259. The van der Waals surface area contributed by atoms with Crippen LogP contribution in [0.15, 0.2) is 99.6 Å². The van der Waals surface area contributed by atoms with Crippen LogP contribution in [0.25, 0.3) is 0 Å². The van der Waals surface area contributed by atoms with Crippen LogP contribution in [0, 0.1) is 0 Å². The van der Waals surface area contributed by atoms with E-state index < -0.39 is 0 Å². The van der Waals surface area contributed by atoms with Crippen molar-refractivity contribution in [3.05, 3.63) is 84.9 Å². The van der Waals surface area contributed by atoms with Crippen LogP contribution in [-0.4, -0.2) is 22.5 Å². The van der Waals surface area contributed by atoms with Crippen molar-refractivity contribution in [2.75, 3.05) is 6.61 Å². The molecule has 0 aromatic heterocycles. The van der Waals surface area contributed by atoms with Crippen LogP contribution in [0.2, 0.25) is 0 Å². The molecule has 172 valence electrons. The largest absolute Gasteiger partial charge is 0.465 e. The van der Waals surface area contributed by atoms with E-state index in [2.05, 4.69) is 48.5 Å². The highest BCUT2D eigenvalue weighted by molar-refractivity contribution is 14.1. The minimum atomic E-state index is -0.245. The van der Waals surface area contributed by atoms with E-state index in [-0.39, 0.29) is 26.8 Å². The van der Waals surface area contributed by atoms with Gasteiger partial charge in [0.25, 0.3) is 0 Å². The fourth-order valence-corrected chi connectivity index (χ4v) is 5.45. The third-order valence-corrected chi connectivity index (χ3v) is 7.58. The zero-order chi connectivity index (χ0) is 23.5. The third kappa shape index (κ3) is 8.19. The molecule has 0 aliphatic rings. The second-order valence-electron chi connectivity index (χ2n) is 7.47. The normalized spacial score (nSPS) is 11.7. The number of hydrogen-bond donors (Lipinski definition) is 0. The molecule has 3 aromatic carbocycles. The number of benzene rings is 3. The highest BCUT2D eigenvalue weighted by atomic mass is 127. The van der Waals surface area contributed by atoms with Crippen LogP contribution in [-0.2, 0) is 25.2 Å². The maximum atomic E-state index is 12.2. The lowest BCUT2D eigenvalue weighted by molar-refractivity contribution is -0.142. The van der Waals surface area contributed by atoms with Crippen molar-refractivity contribution in [1.82, 2.24) is 0 Å². The molecule has 0 N–H and O–H groups in total. The monoisotopic (exact) mass is 575 g/mol. The van der Waals surface area contributed by atoms with Crippen molar-refractivity contribution in [3.63, 3.8) is 0 Å². The van der Waals surface area contributed by atoms with E-state index in [1.807, 2.05) is 59.0 Å². The van der Waals surface area contributed by atoms with Crippen LogP contribution in [0.3, 0.4) is 0 Å². The first-order chi connectivity index (χ1) is 16.0. The van der Waals surface area contributed by atoms with Gasteiger partial charge in [-0.05, 0) is 74.7 Å². The Bertz CT molecular complexity index is 968. The van der Waals surface area contributed by atoms with E-state index in [4.69, 9.17) is 9.47 Å². The zero-order valence-corrected chi connectivity index (χ0v) is 21.6. The van der Waals surface area contributed by atoms with Gasteiger partial charge in [-0.3, -0.25) is 9.59 Å². The Hall–Kier alpha value is -2.32. The molecule has 6 heteroatoms. The molecule has 1 atom stereocenters. The summed E-state index contributed by atoms with van der Waals surface area (Å²) in [6.45, 7) is 2.20. The molecule has 0 aliphatic heterocycles. The van der Waals surface area contributed by atoms with Crippen molar-refractivity contribution < 1.29 is 19.1 Å². The van der Waals surface area contributed by atoms with Crippen molar-refractivity contribution in [2.45, 2.75) is 51.2 Å². The Kier molecular flexibility index (Phi) is 10.3. The van der Waals surface area contributed by atoms with E-state index in [0.717, 1.165) is 12.8 Å². The van der Waals surface area contributed by atoms with Crippen molar-refractivity contribution in [2.24, 2.45) is 0 Å². The molecule has 0 fully saturated rings. The highest BCUT2D eigenvalue weighted by Crippen LogP contribution is 2.31. The number of esters is 2. The molecule has 0 amide bonds. The minimum Gasteiger partial charge on any atom is -0.465 e. The van der Waals surface area contributed by atoms with Crippen LogP contribution in [0.5, 0.6) is 5.75 Å². The van der Waals surface area contributed by atoms with Crippen LogP contribution < -0.4 is 4.74 Å². The zero-order valence-electron chi connectivity index (χ0n) is 18.6. The average Bonchev–Trinajstić information content (AvgIpc) is 2.83. The molecule has 0 saturated heterocycles. The predicted octanol–water partition coefficient (Wildman–Crippen LogP) is 6.61. The van der Waals surface area contributed by atoms with E-state index in [0.29, 0.717) is 25.2 Å². The van der Waals surface area contributed by atoms with E-state index in [9.17, 15) is 9.59 Å². The van der Waals surface area contributed by atoms with Crippen LogP contribution in [0.4, 0.5) is 0 Å². The molecule has 3 rings (SSSR count).